The summed E-state index contributed by atoms with van der Waals surface area (Å²) in [6.45, 7) is 4.29. The smallest absolute Gasteiger partial charge is 0.0385 e. The summed E-state index contributed by atoms with van der Waals surface area (Å²) in [7, 11) is 1.17. The van der Waals surface area contributed by atoms with Gasteiger partial charge in [0.05, 0.1) is 0 Å². The van der Waals surface area contributed by atoms with Crippen molar-refractivity contribution in [3.63, 3.8) is 0 Å². The molecule has 56 valence electrons. The van der Waals surface area contributed by atoms with E-state index in [0.717, 1.165) is 0 Å². The van der Waals surface area contributed by atoms with Crippen molar-refractivity contribution in [3.05, 3.63) is 29.3 Å². The van der Waals surface area contributed by atoms with Gasteiger partial charge in [0.15, 0.2) is 0 Å². The van der Waals surface area contributed by atoms with E-state index in [1.807, 2.05) is 0 Å². The van der Waals surface area contributed by atoms with Gasteiger partial charge in [0.25, 0.3) is 0 Å². The summed E-state index contributed by atoms with van der Waals surface area (Å²) < 4.78 is 0. The van der Waals surface area contributed by atoms with Crippen molar-refractivity contribution in [2.75, 3.05) is 0 Å². The van der Waals surface area contributed by atoms with Gasteiger partial charge in [-0.25, -0.2) is 0 Å². The fraction of sp³-hybridized carbons (Fsp3) is 0.250. The maximum atomic E-state index is 2.25. The fourth-order valence-electron chi connectivity index (χ4n) is 1.20. The number of benzene rings is 1. The van der Waals surface area contributed by atoms with E-state index in [9.17, 15) is 0 Å². The Balaban J connectivity index is 0.000000810. The second-order valence-electron chi connectivity index (χ2n) is 2.67. The van der Waals surface area contributed by atoms with E-state index in [4.69, 9.17) is 0 Å². The molecule has 0 aliphatic carbocycles. The van der Waals surface area contributed by atoms with E-state index in [1.54, 1.807) is 0 Å². The second kappa shape index (κ2) is 3.79. The lowest BCUT2D eigenvalue weighted by atomic mass is 10.2. The molecule has 0 spiro atoms. The van der Waals surface area contributed by atoms with Crippen molar-refractivity contribution in [1.29, 1.82) is 0 Å². The molecule has 0 saturated heterocycles. The fourth-order valence-corrected chi connectivity index (χ4v) is 2.11. The van der Waals surface area contributed by atoms with Crippen LogP contribution >= 0.6 is 12.4 Å². The molecule has 0 bridgehead atoms. The molecule has 0 N–H and O–H groups in total. The quantitative estimate of drug-likeness (QED) is 0.506. The summed E-state index contributed by atoms with van der Waals surface area (Å²) in [6.07, 6.45) is 0. The first-order valence-electron chi connectivity index (χ1n) is 3.23. The molecule has 0 radical (unpaired) electrons. The molecular weight excluding hydrogens is 160 g/mol. The predicted molar refractivity (Wildman–Crippen MR) is 52.7 cm³/mol. The molecule has 1 rings (SSSR count). The van der Waals surface area contributed by atoms with Crippen molar-refractivity contribution in [2.45, 2.75) is 13.8 Å². The third kappa shape index (κ3) is 2.54. The van der Waals surface area contributed by atoms with Gasteiger partial charge in [-0.2, -0.15) is 0 Å². The molecule has 2 heteroatoms. The van der Waals surface area contributed by atoms with E-state index < -0.39 is 0 Å². The molecule has 0 heterocycles. The number of hydrogen-bond donors (Lipinski definition) is 0. The van der Waals surface area contributed by atoms with Crippen LogP contribution in [0.25, 0.3) is 0 Å². The minimum absolute atomic E-state index is 0. The highest BCUT2D eigenvalue weighted by Gasteiger charge is 1.87. The summed E-state index contributed by atoms with van der Waals surface area (Å²) in [5, 5.41) is 1.49. The lowest BCUT2D eigenvalue weighted by Gasteiger charge is -1.97. The monoisotopic (exact) mass is 172 g/mol. The number of hydrogen-bond acceptors (Lipinski definition) is 0. The third-order valence-electron chi connectivity index (χ3n) is 1.37. The molecule has 0 aliphatic rings. The molecular formula is C8H13ClSi. The van der Waals surface area contributed by atoms with E-state index >= 15 is 0 Å². The summed E-state index contributed by atoms with van der Waals surface area (Å²) in [6, 6.07) is 6.71. The Bertz CT molecular complexity index is 170. The number of aryl methyl sites for hydroxylation is 2. The van der Waals surface area contributed by atoms with E-state index in [-0.39, 0.29) is 12.4 Å². The Labute approximate surface area is 71.5 Å². The molecule has 0 unspecified atom stereocenters. The van der Waals surface area contributed by atoms with Crippen LogP contribution in [0.15, 0.2) is 18.2 Å². The second-order valence-corrected chi connectivity index (χ2v) is 3.82. The molecule has 0 aromatic heterocycles. The minimum Gasteiger partial charge on any atom is -0.147 e. The van der Waals surface area contributed by atoms with Crippen LogP contribution in [0.1, 0.15) is 11.1 Å². The first kappa shape index (κ1) is 9.73. The zero-order valence-corrected chi connectivity index (χ0v) is 9.46. The summed E-state index contributed by atoms with van der Waals surface area (Å²) in [4.78, 5) is 0. The summed E-state index contributed by atoms with van der Waals surface area (Å²) in [5.74, 6) is 0. The molecule has 0 atom stereocenters. The van der Waals surface area contributed by atoms with Gasteiger partial charge >= 0.3 is 0 Å². The van der Waals surface area contributed by atoms with E-state index in [0.29, 0.717) is 0 Å². The first-order chi connectivity index (χ1) is 4.18. The van der Waals surface area contributed by atoms with Crippen LogP contribution in [0.5, 0.6) is 0 Å². The van der Waals surface area contributed by atoms with E-state index in [2.05, 4.69) is 32.0 Å². The van der Waals surface area contributed by atoms with Gasteiger partial charge in [0.2, 0.25) is 0 Å². The van der Waals surface area contributed by atoms with Crippen LogP contribution in [0.4, 0.5) is 0 Å². The van der Waals surface area contributed by atoms with Crippen molar-refractivity contribution < 1.29 is 0 Å². The summed E-state index contributed by atoms with van der Waals surface area (Å²) in [5.41, 5.74) is 2.78. The molecule has 1 aromatic rings. The minimum atomic E-state index is 0. The van der Waals surface area contributed by atoms with Gasteiger partial charge in [-0.1, -0.05) is 34.5 Å². The summed E-state index contributed by atoms with van der Waals surface area (Å²) >= 11 is 0. The Hall–Kier alpha value is -0.273. The molecule has 0 saturated carbocycles. The zero-order chi connectivity index (χ0) is 6.85. The van der Waals surface area contributed by atoms with E-state index in [1.165, 1.54) is 26.6 Å². The maximum absolute atomic E-state index is 2.25. The Morgan fingerprint density at radius 3 is 1.70 bits per heavy atom. The molecule has 1 aromatic carbocycles. The van der Waals surface area contributed by atoms with Gasteiger partial charge in [0.1, 0.15) is 0 Å². The molecule has 0 amide bonds. The van der Waals surface area contributed by atoms with Gasteiger partial charge in [0, 0.05) is 10.2 Å². The Morgan fingerprint density at radius 2 is 1.40 bits per heavy atom. The number of halogens is 1. The zero-order valence-electron chi connectivity index (χ0n) is 6.64. The van der Waals surface area contributed by atoms with Crippen molar-refractivity contribution in [2.24, 2.45) is 0 Å². The standard InChI is InChI=1S/C8H12Si.ClH/c1-6-3-7(2)5-8(9)4-6;/h3-5H,1-2,9H3;1H. The topological polar surface area (TPSA) is 0 Å². The Kier molecular flexibility index (Phi) is 3.69. The average Bonchev–Trinajstić information content (AvgIpc) is 1.59. The lowest BCUT2D eigenvalue weighted by Crippen LogP contribution is -2.02. The normalized spacial score (nSPS) is 9.00. The van der Waals surface area contributed by atoms with Gasteiger partial charge < -0.3 is 0 Å². The predicted octanol–water partition coefficient (Wildman–Crippen LogP) is 0.716. The first-order valence-corrected chi connectivity index (χ1v) is 4.23. The van der Waals surface area contributed by atoms with Gasteiger partial charge in [-0.05, 0) is 13.8 Å². The number of rotatable bonds is 0. The molecule has 10 heavy (non-hydrogen) atoms. The maximum Gasteiger partial charge on any atom is 0.0385 e. The van der Waals surface area contributed by atoms with Gasteiger partial charge in [-0.3, -0.25) is 0 Å². The van der Waals surface area contributed by atoms with Crippen molar-refractivity contribution in [1.82, 2.24) is 0 Å². The Morgan fingerprint density at radius 1 is 1.00 bits per heavy atom. The van der Waals surface area contributed by atoms with Crippen LogP contribution in [0.2, 0.25) is 0 Å². The van der Waals surface area contributed by atoms with Crippen molar-refractivity contribution >= 4 is 27.8 Å². The molecule has 0 fully saturated rings. The SMILES string of the molecule is Cc1cc(C)cc([SiH3])c1.Cl. The van der Waals surface area contributed by atoms with Crippen LogP contribution in [-0.2, 0) is 0 Å². The largest absolute Gasteiger partial charge is 0.147 e. The highest BCUT2D eigenvalue weighted by Crippen LogP contribution is 1.97. The molecule has 0 aliphatic heterocycles. The highest BCUT2D eigenvalue weighted by atomic mass is 35.5. The van der Waals surface area contributed by atoms with Crippen LogP contribution in [0.3, 0.4) is 0 Å². The molecule has 0 nitrogen and oxygen atoms in total. The van der Waals surface area contributed by atoms with Gasteiger partial charge in [-0.15, -0.1) is 12.4 Å². The average molecular weight is 173 g/mol. The lowest BCUT2D eigenvalue weighted by molar-refractivity contribution is 1.40. The van der Waals surface area contributed by atoms with Crippen LogP contribution < -0.4 is 5.19 Å². The van der Waals surface area contributed by atoms with Crippen LogP contribution in [0, 0.1) is 13.8 Å². The van der Waals surface area contributed by atoms with Crippen LogP contribution in [-0.4, -0.2) is 10.2 Å². The third-order valence-corrected chi connectivity index (χ3v) is 1.94. The van der Waals surface area contributed by atoms with Crippen molar-refractivity contribution in [3.8, 4) is 0 Å². The highest BCUT2D eigenvalue weighted by molar-refractivity contribution is 6.32.